The molecule has 1 N–H and O–H groups in total. The number of benzene rings is 1. The molecule has 0 unspecified atom stereocenters. The van der Waals surface area contributed by atoms with Gasteiger partial charge in [0.2, 0.25) is 0 Å². The molecular weight excluding hydrogens is 317 g/mol. The smallest absolute Gasteiger partial charge is 0.346 e. The van der Waals surface area contributed by atoms with Gasteiger partial charge in [0.15, 0.2) is 0 Å². The van der Waals surface area contributed by atoms with Gasteiger partial charge < -0.3 is 5.32 Å². The van der Waals surface area contributed by atoms with Crippen LogP contribution in [0.2, 0.25) is 0 Å². The Labute approximate surface area is 138 Å². The summed E-state index contributed by atoms with van der Waals surface area (Å²) in [5, 5.41) is 2.65. The molecule has 3 nitrogen and oxygen atoms in total. The van der Waals surface area contributed by atoms with Crippen LogP contribution in [-0.4, -0.2) is 10.9 Å². The molecule has 1 aromatic heterocycles. The number of aromatic nitrogens is 1. The maximum Gasteiger partial charge on any atom is 0.417 e. The first-order chi connectivity index (χ1) is 11.1. The Morgan fingerprint density at radius 1 is 1.00 bits per heavy atom. The summed E-state index contributed by atoms with van der Waals surface area (Å²) in [6.45, 7) is 6.31. The van der Waals surface area contributed by atoms with Crippen LogP contribution in [0.4, 0.5) is 13.2 Å². The SMILES string of the molecule is CC(C)(C)c1ccc(C(=O)NCc2ccc(C(F)(F)F)cn2)cc1. The second-order valence-corrected chi connectivity index (χ2v) is 6.55. The number of alkyl halides is 3. The van der Waals surface area contributed by atoms with Crippen LogP contribution in [0.3, 0.4) is 0 Å². The Morgan fingerprint density at radius 2 is 1.58 bits per heavy atom. The third kappa shape index (κ3) is 4.57. The highest BCUT2D eigenvalue weighted by atomic mass is 19.4. The highest BCUT2D eigenvalue weighted by molar-refractivity contribution is 5.94. The Bertz CT molecular complexity index is 699. The number of pyridine rings is 1. The molecule has 2 rings (SSSR count). The van der Waals surface area contributed by atoms with E-state index in [2.05, 4.69) is 31.1 Å². The summed E-state index contributed by atoms with van der Waals surface area (Å²) >= 11 is 0. The molecule has 0 aliphatic heterocycles. The summed E-state index contributed by atoms with van der Waals surface area (Å²) in [7, 11) is 0. The van der Waals surface area contributed by atoms with E-state index in [1.165, 1.54) is 6.07 Å². The lowest BCUT2D eigenvalue weighted by atomic mass is 9.87. The number of rotatable bonds is 3. The van der Waals surface area contributed by atoms with Gasteiger partial charge in [-0.3, -0.25) is 9.78 Å². The van der Waals surface area contributed by atoms with Crippen LogP contribution >= 0.6 is 0 Å². The Kier molecular flexibility index (Phi) is 4.96. The van der Waals surface area contributed by atoms with Crippen LogP contribution < -0.4 is 5.32 Å². The van der Waals surface area contributed by atoms with Gasteiger partial charge in [0.25, 0.3) is 5.91 Å². The van der Waals surface area contributed by atoms with E-state index in [0.29, 0.717) is 11.3 Å². The van der Waals surface area contributed by atoms with Crippen molar-refractivity contribution in [3.8, 4) is 0 Å². The van der Waals surface area contributed by atoms with Gasteiger partial charge in [-0.05, 0) is 35.2 Å². The number of hydrogen-bond donors (Lipinski definition) is 1. The predicted molar refractivity (Wildman–Crippen MR) is 85.6 cm³/mol. The number of nitrogens with one attached hydrogen (secondary N) is 1. The minimum Gasteiger partial charge on any atom is -0.346 e. The fourth-order valence-electron chi connectivity index (χ4n) is 2.09. The summed E-state index contributed by atoms with van der Waals surface area (Å²) in [6, 6.07) is 9.46. The van der Waals surface area contributed by atoms with Crippen molar-refractivity contribution in [3.05, 3.63) is 65.0 Å². The third-order valence-corrected chi connectivity index (χ3v) is 3.60. The van der Waals surface area contributed by atoms with Crippen molar-refractivity contribution in [2.45, 2.75) is 38.9 Å². The standard InChI is InChI=1S/C18H19F3N2O/c1-17(2,3)13-6-4-12(5-7-13)16(24)23-11-15-9-8-14(10-22-15)18(19,20)21/h4-10H,11H2,1-3H3,(H,23,24). The summed E-state index contributed by atoms with van der Waals surface area (Å²) in [5.74, 6) is -0.294. The second kappa shape index (κ2) is 6.63. The number of nitrogens with zero attached hydrogens (tertiary/aromatic N) is 1. The molecule has 0 saturated heterocycles. The van der Waals surface area contributed by atoms with Crippen LogP contribution in [-0.2, 0) is 18.1 Å². The van der Waals surface area contributed by atoms with Gasteiger partial charge in [-0.1, -0.05) is 32.9 Å². The number of halogens is 3. The van der Waals surface area contributed by atoms with Crippen molar-refractivity contribution >= 4 is 5.91 Å². The quantitative estimate of drug-likeness (QED) is 0.906. The van der Waals surface area contributed by atoms with Crippen LogP contribution in [0.15, 0.2) is 42.6 Å². The first-order valence-corrected chi connectivity index (χ1v) is 7.48. The molecule has 0 aliphatic carbocycles. The molecule has 128 valence electrons. The van der Waals surface area contributed by atoms with Crippen LogP contribution in [0, 0.1) is 0 Å². The van der Waals surface area contributed by atoms with E-state index in [4.69, 9.17) is 0 Å². The lowest BCUT2D eigenvalue weighted by Gasteiger charge is -2.19. The molecule has 0 atom stereocenters. The van der Waals surface area contributed by atoms with Crippen LogP contribution in [0.25, 0.3) is 0 Å². The van der Waals surface area contributed by atoms with Gasteiger partial charge in [0.1, 0.15) is 0 Å². The van der Waals surface area contributed by atoms with Crippen LogP contribution in [0.5, 0.6) is 0 Å². The second-order valence-electron chi connectivity index (χ2n) is 6.55. The molecule has 0 bridgehead atoms. The zero-order chi connectivity index (χ0) is 18.0. The molecule has 2 aromatic rings. The first-order valence-electron chi connectivity index (χ1n) is 7.48. The summed E-state index contributed by atoms with van der Waals surface area (Å²) in [4.78, 5) is 15.8. The number of hydrogen-bond acceptors (Lipinski definition) is 2. The van der Waals surface area contributed by atoms with E-state index in [9.17, 15) is 18.0 Å². The molecule has 1 amide bonds. The molecule has 1 aromatic carbocycles. The maximum atomic E-state index is 12.5. The van der Waals surface area contributed by atoms with Crippen molar-refractivity contribution in [3.63, 3.8) is 0 Å². The zero-order valence-electron chi connectivity index (χ0n) is 13.7. The van der Waals surface area contributed by atoms with Crippen molar-refractivity contribution in [2.24, 2.45) is 0 Å². The minimum absolute atomic E-state index is 0.000838. The number of carbonyl (C=O) groups excluding carboxylic acids is 1. The van der Waals surface area contributed by atoms with Crippen molar-refractivity contribution in [1.29, 1.82) is 0 Å². The van der Waals surface area contributed by atoms with Crippen molar-refractivity contribution in [2.75, 3.05) is 0 Å². The van der Waals surface area contributed by atoms with Gasteiger partial charge in [0.05, 0.1) is 17.8 Å². The number of amides is 1. The lowest BCUT2D eigenvalue weighted by Crippen LogP contribution is -2.23. The first kappa shape index (κ1) is 18.0. The molecule has 0 fully saturated rings. The molecule has 6 heteroatoms. The summed E-state index contributed by atoms with van der Waals surface area (Å²) in [6.07, 6.45) is -3.65. The summed E-state index contributed by atoms with van der Waals surface area (Å²) < 4.78 is 37.4. The van der Waals surface area contributed by atoms with Gasteiger partial charge in [-0.25, -0.2) is 0 Å². The molecule has 1 heterocycles. The average Bonchev–Trinajstić information content (AvgIpc) is 2.51. The van der Waals surface area contributed by atoms with Gasteiger partial charge in [-0.15, -0.1) is 0 Å². The van der Waals surface area contributed by atoms with E-state index >= 15 is 0 Å². The average molecular weight is 336 g/mol. The Hall–Kier alpha value is -2.37. The lowest BCUT2D eigenvalue weighted by molar-refractivity contribution is -0.137. The predicted octanol–water partition coefficient (Wildman–Crippen LogP) is 4.33. The van der Waals surface area contributed by atoms with E-state index in [0.717, 1.165) is 17.8 Å². The van der Waals surface area contributed by atoms with Gasteiger partial charge in [0, 0.05) is 11.8 Å². The highest BCUT2D eigenvalue weighted by Gasteiger charge is 2.30. The Balaban J connectivity index is 1.98. The molecule has 0 spiro atoms. The normalized spacial score (nSPS) is 12.1. The van der Waals surface area contributed by atoms with E-state index in [-0.39, 0.29) is 17.9 Å². The monoisotopic (exact) mass is 336 g/mol. The number of carbonyl (C=O) groups is 1. The van der Waals surface area contributed by atoms with Crippen molar-refractivity contribution in [1.82, 2.24) is 10.3 Å². The van der Waals surface area contributed by atoms with Crippen LogP contribution in [0.1, 0.15) is 48.0 Å². The largest absolute Gasteiger partial charge is 0.417 e. The topological polar surface area (TPSA) is 42.0 Å². The fraction of sp³-hybridized carbons (Fsp3) is 0.333. The van der Waals surface area contributed by atoms with Crippen molar-refractivity contribution < 1.29 is 18.0 Å². The molecular formula is C18H19F3N2O. The molecule has 0 aliphatic rings. The van der Waals surface area contributed by atoms with E-state index in [1.54, 1.807) is 12.1 Å². The van der Waals surface area contributed by atoms with Gasteiger partial charge in [-0.2, -0.15) is 13.2 Å². The Morgan fingerprint density at radius 3 is 2.04 bits per heavy atom. The third-order valence-electron chi connectivity index (χ3n) is 3.60. The van der Waals surface area contributed by atoms with E-state index < -0.39 is 11.7 Å². The fourth-order valence-corrected chi connectivity index (χ4v) is 2.09. The zero-order valence-corrected chi connectivity index (χ0v) is 13.7. The minimum atomic E-state index is -4.41. The molecule has 24 heavy (non-hydrogen) atoms. The molecule has 0 saturated carbocycles. The maximum absolute atomic E-state index is 12.5. The van der Waals surface area contributed by atoms with Gasteiger partial charge >= 0.3 is 6.18 Å². The van der Waals surface area contributed by atoms with E-state index in [1.807, 2.05) is 12.1 Å². The molecule has 0 radical (unpaired) electrons. The highest BCUT2D eigenvalue weighted by Crippen LogP contribution is 2.28. The summed E-state index contributed by atoms with van der Waals surface area (Å²) in [5.41, 5.74) is 1.16.